The van der Waals surface area contributed by atoms with Gasteiger partial charge in [-0.3, -0.25) is 9.59 Å². The lowest BCUT2D eigenvalue weighted by molar-refractivity contribution is -0.135. The lowest BCUT2D eigenvalue weighted by atomic mass is 9.82. The molecule has 0 saturated heterocycles. The van der Waals surface area contributed by atoms with E-state index in [2.05, 4.69) is 0 Å². The molecule has 2 aliphatic rings. The van der Waals surface area contributed by atoms with Crippen molar-refractivity contribution in [2.45, 2.75) is 38.2 Å². The molecular weight excluding hydrogens is 332 g/mol. The molecule has 26 heavy (non-hydrogen) atoms. The highest BCUT2D eigenvalue weighted by atomic mass is 16.5. The number of benzene rings is 2. The summed E-state index contributed by atoms with van der Waals surface area (Å²) in [6, 6.07) is 11.0. The van der Waals surface area contributed by atoms with Crippen LogP contribution < -0.4 is 14.2 Å². The molecule has 0 radical (unpaired) electrons. The number of esters is 1. The molecule has 2 aromatic rings. The summed E-state index contributed by atoms with van der Waals surface area (Å²) < 4.78 is 16.8. The number of Topliss-reactive ketones (excluding diaryl/α,β-unsaturated/α-hetero) is 1. The molecule has 0 unspecified atom stereocenters. The number of methoxy groups -OCH3 is 1. The number of ether oxygens (including phenoxy) is 3. The topological polar surface area (TPSA) is 61.8 Å². The molecule has 2 heterocycles. The fraction of sp³-hybridized carbons (Fsp3) is 0.333. The molecule has 0 fully saturated rings. The van der Waals surface area contributed by atoms with E-state index in [9.17, 15) is 9.59 Å². The van der Waals surface area contributed by atoms with E-state index in [0.29, 0.717) is 23.5 Å². The molecule has 2 aliphatic heterocycles. The first-order chi connectivity index (χ1) is 12.4. The van der Waals surface area contributed by atoms with Crippen LogP contribution in [0.5, 0.6) is 17.2 Å². The summed E-state index contributed by atoms with van der Waals surface area (Å²) in [6.45, 7) is 3.79. The molecule has 0 spiro atoms. The maximum atomic E-state index is 12.6. The third-order valence-corrected chi connectivity index (χ3v) is 4.88. The summed E-state index contributed by atoms with van der Waals surface area (Å²) in [5, 5.41) is 0. The standard InChI is InChI=1S/C21H20O5/c1-21(2)11-16(22)14-8-9-17-19(20(14)26-21)15(10-18(23)25-17)12-4-6-13(24-3)7-5-12/h4-9,15H,10-11H2,1-3H3/t15-/m0/s1. The second-order valence-corrected chi connectivity index (χ2v) is 7.32. The van der Waals surface area contributed by atoms with E-state index in [4.69, 9.17) is 14.2 Å². The molecule has 0 aliphatic carbocycles. The van der Waals surface area contributed by atoms with Gasteiger partial charge < -0.3 is 14.2 Å². The molecule has 0 N–H and O–H groups in total. The highest BCUT2D eigenvalue weighted by Gasteiger charge is 2.39. The third-order valence-electron chi connectivity index (χ3n) is 4.88. The zero-order chi connectivity index (χ0) is 18.5. The van der Waals surface area contributed by atoms with Crippen LogP contribution in [0.1, 0.15) is 54.1 Å². The van der Waals surface area contributed by atoms with Crippen LogP contribution in [-0.2, 0) is 4.79 Å². The Labute approximate surface area is 151 Å². The molecule has 4 rings (SSSR count). The first-order valence-electron chi connectivity index (χ1n) is 8.62. The fourth-order valence-electron chi connectivity index (χ4n) is 3.68. The zero-order valence-corrected chi connectivity index (χ0v) is 15.0. The molecule has 0 amide bonds. The largest absolute Gasteiger partial charge is 0.497 e. The molecule has 5 nitrogen and oxygen atoms in total. The highest BCUT2D eigenvalue weighted by Crippen LogP contribution is 2.48. The smallest absolute Gasteiger partial charge is 0.312 e. The Morgan fingerprint density at radius 3 is 2.50 bits per heavy atom. The number of ketones is 1. The Morgan fingerprint density at radius 1 is 1.08 bits per heavy atom. The van der Waals surface area contributed by atoms with Crippen LogP contribution >= 0.6 is 0 Å². The van der Waals surface area contributed by atoms with E-state index in [0.717, 1.165) is 16.9 Å². The van der Waals surface area contributed by atoms with E-state index >= 15 is 0 Å². The summed E-state index contributed by atoms with van der Waals surface area (Å²) in [6.07, 6.45) is 0.527. The lowest BCUT2D eigenvalue weighted by Gasteiger charge is -2.36. The maximum Gasteiger partial charge on any atom is 0.312 e. The van der Waals surface area contributed by atoms with E-state index in [1.54, 1.807) is 19.2 Å². The Bertz CT molecular complexity index is 895. The van der Waals surface area contributed by atoms with Gasteiger partial charge in [-0.1, -0.05) is 12.1 Å². The molecule has 0 saturated carbocycles. The van der Waals surface area contributed by atoms with Gasteiger partial charge in [0.1, 0.15) is 22.8 Å². The van der Waals surface area contributed by atoms with Gasteiger partial charge in [0.25, 0.3) is 0 Å². The van der Waals surface area contributed by atoms with Crippen molar-refractivity contribution in [1.29, 1.82) is 0 Å². The van der Waals surface area contributed by atoms with Crippen molar-refractivity contribution in [3.05, 3.63) is 53.1 Å². The van der Waals surface area contributed by atoms with Crippen LogP contribution in [0.3, 0.4) is 0 Å². The monoisotopic (exact) mass is 352 g/mol. The zero-order valence-electron chi connectivity index (χ0n) is 15.0. The van der Waals surface area contributed by atoms with Gasteiger partial charge in [0.05, 0.1) is 25.5 Å². The van der Waals surface area contributed by atoms with Crippen LogP contribution in [0.15, 0.2) is 36.4 Å². The maximum absolute atomic E-state index is 12.6. The quantitative estimate of drug-likeness (QED) is 0.606. The Hall–Kier alpha value is -2.82. The van der Waals surface area contributed by atoms with Crippen LogP contribution in [0.2, 0.25) is 0 Å². The summed E-state index contributed by atoms with van der Waals surface area (Å²) in [7, 11) is 1.61. The molecular formula is C21H20O5. The summed E-state index contributed by atoms with van der Waals surface area (Å²) >= 11 is 0. The number of carbonyl (C=O) groups excluding carboxylic acids is 2. The predicted octanol–water partition coefficient (Wildman–Crippen LogP) is 3.88. The number of rotatable bonds is 2. The number of fused-ring (bicyclic) bond motifs is 3. The van der Waals surface area contributed by atoms with Crippen molar-refractivity contribution in [3.63, 3.8) is 0 Å². The van der Waals surface area contributed by atoms with E-state index in [-0.39, 0.29) is 24.1 Å². The SMILES string of the molecule is COc1ccc([C@@H]2CC(=O)Oc3ccc4c(c32)OC(C)(C)CC4=O)cc1. The second kappa shape index (κ2) is 5.87. The van der Waals surface area contributed by atoms with Crippen molar-refractivity contribution in [2.75, 3.05) is 7.11 Å². The Balaban J connectivity index is 1.88. The third kappa shape index (κ3) is 2.73. The first-order valence-corrected chi connectivity index (χ1v) is 8.62. The van der Waals surface area contributed by atoms with Crippen molar-refractivity contribution >= 4 is 11.8 Å². The molecule has 0 bridgehead atoms. The van der Waals surface area contributed by atoms with Crippen molar-refractivity contribution in [2.24, 2.45) is 0 Å². The van der Waals surface area contributed by atoms with Crippen molar-refractivity contribution in [1.82, 2.24) is 0 Å². The molecule has 2 aromatic carbocycles. The summed E-state index contributed by atoms with van der Waals surface area (Å²) in [5.74, 6) is 1.27. The van der Waals surface area contributed by atoms with Gasteiger partial charge in [0.15, 0.2) is 5.78 Å². The van der Waals surface area contributed by atoms with Gasteiger partial charge in [-0.2, -0.15) is 0 Å². The van der Waals surface area contributed by atoms with E-state index in [1.807, 2.05) is 38.1 Å². The predicted molar refractivity (Wildman–Crippen MR) is 95.2 cm³/mol. The minimum absolute atomic E-state index is 0.0458. The van der Waals surface area contributed by atoms with Crippen LogP contribution in [-0.4, -0.2) is 24.5 Å². The molecule has 134 valence electrons. The Kier molecular flexibility index (Phi) is 3.75. The van der Waals surface area contributed by atoms with Gasteiger partial charge in [0.2, 0.25) is 0 Å². The normalized spacial score (nSPS) is 20.5. The first kappa shape index (κ1) is 16.6. The fourth-order valence-corrected chi connectivity index (χ4v) is 3.68. The second-order valence-electron chi connectivity index (χ2n) is 7.32. The average molecular weight is 352 g/mol. The van der Waals surface area contributed by atoms with Crippen LogP contribution in [0, 0.1) is 0 Å². The minimum atomic E-state index is -0.592. The van der Waals surface area contributed by atoms with Gasteiger partial charge in [-0.25, -0.2) is 0 Å². The van der Waals surface area contributed by atoms with Crippen LogP contribution in [0.25, 0.3) is 0 Å². The van der Waals surface area contributed by atoms with E-state index < -0.39 is 5.60 Å². The number of hydrogen-bond acceptors (Lipinski definition) is 5. The lowest BCUT2D eigenvalue weighted by Crippen LogP contribution is -2.37. The Morgan fingerprint density at radius 2 is 1.81 bits per heavy atom. The molecule has 1 atom stereocenters. The average Bonchev–Trinajstić information content (AvgIpc) is 2.59. The van der Waals surface area contributed by atoms with Crippen molar-refractivity contribution in [3.8, 4) is 17.2 Å². The van der Waals surface area contributed by atoms with Crippen LogP contribution in [0.4, 0.5) is 0 Å². The minimum Gasteiger partial charge on any atom is -0.497 e. The summed E-state index contributed by atoms with van der Waals surface area (Å²) in [4.78, 5) is 24.7. The van der Waals surface area contributed by atoms with Gasteiger partial charge in [-0.05, 0) is 43.7 Å². The number of carbonyl (C=O) groups is 2. The van der Waals surface area contributed by atoms with Gasteiger partial charge >= 0.3 is 5.97 Å². The molecule has 5 heteroatoms. The van der Waals surface area contributed by atoms with Gasteiger partial charge in [-0.15, -0.1) is 0 Å². The molecule has 0 aromatic heterocycles. The number of hydrogen-bond donors (Lipinski definition) is 0. The van der Waals surface area contributed by atoms with Crippen molar-refractivity contribution < 1.29 is 23.8 Å². The van der Waals surface area contributed by atoms with E-state index in [1.165, 1.54) is 0 Å². The summed E-state index contributed by atoms with van der Waals surface area (Å²) in [5.41, 5.74) is 1.69. The highest BCUT2D eigenvalue weighted by molar-refractivity contribution is 6.01. The van der Waals surface area contributed by atoms with Gasteiger partial charge in [0, 0.05) is 11.5 Å².